The Bertz CT molecular complexity index is 667. The van der Waals surface area contributed by atoms with Crippen LogP contribution in [0.3, 0.4) is 0 Å². The molecule has 1 fully saturated rings. The molecule has 1 heterocycles. The van der Waals surface area contributed by atoms with Crippen molar-refractivity contribution in [1.82, 2.24) is 0 Å². The Morgan fingerprint density at radius 1 is 1.32 bits per heavy atom. The fraction of sp³-hybridized carbons (Fsp3) is 0.467. The molecule has 3 rings (SSSR count). The minimum absolute atomic E-state index is 0.127. The number of aryl methyl sites for hydroxylation is 1. The second-order valence-electron chi connectivity index (χ2n) is 5.55. The normalized spacial score (nSPS) is 20.9. The molecular weight excluding hydrogens is 284 g/mol. The van der Waals surface area contributed by atoms with Gasteiger partial charge in [-0.15, -0.1) is 0 Å². The molecule has 2 aliphatic rings. The summed E-state index contributed by atoms with van der Waals surface area (Å²) in [6, 6.07) is 5.76. The summed E-state index contributed by atoms with van der Waals surface area (Å²) >= 11 is 0. The summed E-state index contributed by atoms with van der Waals surface area (Å²) in [6.07, 6.45) is 1.94. The van der Waals surface area contributed by atoms with Crippen LogP contribution in [0.4, 0.5) is 10.5 Å². The lowest BCUT2D eigenvalue weighted by Gasteiger charge is -2.15. The number of rotatable bonds is 3. The number of azide groups is 1. The van der Waals surface area contributed by atoms with Crippen LogP contribution in [0, 0.1) is 0 Å². The number of hydrogen-bond donors (Lipinski definition) is 0. The Labute approximate surface area is 127 Å². The molecule has 0 spiro atoms. The van der Waals surface area contributed by atoms with Gasteiger partial charge in [0.1, 0.15) is 11.9 Å². The predicted octanol–water partition coefficient (Wildman–Crippen LogP) is 2.77. The summed E-state index contributed by atoms with van der Waals surface area (Å²) in [6.45, 7) is 0.479. The molecule has 7 nitrogen and oxygen atoms in total. The third kappa shape index (κ3) is 2.89. The van der Waals surface area contributed by atoms with Crippen molar-refractivity contribution >= 4 is 17.6 Å². The van der Waals surface area contributed by atoms with Crippen LogP contribution in [0.15, 0.2) is 23.3 Å². The molecule has 7 heteroatoms. The highest BCUT2D eigenvalue weighted by atomic mass is 16.6. The molecule has 1 aliphatic carbocycles. The van der Waals surface area contributed by atoms with Crippen molar-refractivity contribution in [2.24, 2.45) is 5.11 Å². The van der Waals surface area contributed by atoms with Crippen LogP contribution in [-0.2, 0) is 22.4 Å². The van der Waals surface area contributed by atoms with Crippen molar-refractivity contribution in [2.75, 3.05) is 18.0 Å². The Morgan fingerprint density at radius 2 is 2.18 bits per heavy atom. The number of anilines is 1. The summed E-state index contributed by atoms with van der Waals surface area (Å²) in [5.41, 5.74) is 11.2. The van der Waals surface area contributed by atoms with Crippen LogP contribution >= 0.6 is 0 Å². The van der Waals surface area contributed by atoms with Gasteiger partial charge in [0.2, 0.25) is 0 Å². The number of hydrogen-bond acceptors (Lipinski definition) is 4. The summed E-state index contributed by atoms with van der Waals surface area (Å²) in [4.78, 5) is 27.9. The van der Waals surface area contributed by atoms with Crippen molar-refractivity contribution in [3.8, 4) is 0 Å². The van der Waals surface area contributed by atoms with Gasteiger partial charge in [0.05, 0.1) is 13.1 Å². The van der Waals surface area contributed by atoms with Crippen LogP contribution < -0.4 is 4.90 Å². The molecule has 0 unspecified atom stereocenters. The maximum atomic E-state index is 12.0. The standard InChI is InChI=1S/C15H16N4O3/c16-18-17-8-14-9-19(15(21)22-14)12-5-4-10-2-1-3-13(20)7-11(10)6-12/h4-6,14H,1-3,7-9H2/t14-/m0/s1. The van der Waals surface area contributed by atoms with Crippen LogP contribution in [0.1, 0.15) is 24.0 Å². The molecule has 1 aromatic rings. The van der Waals surface area contributed by atoms with E-state index in [2.05, 4.69) is 10.0 Å². The second-order valence-corrected chi connectivity index (χ2v) is 5.55. The van der Waals surface area contributed by atoms with E-state index in [4.69, 9.17) is 10.3 Å². The number of fused-ring (bicyclic) bond motifs is 1. The van der Waals surface area contributed by atoms with Crippen molar-refractivity contribution in [3.05, 3.63) is 39.8 Å². The van der Waals surface area contributed by atoms with E-state index in [-0.39, 0.29) is 12.3 Å². The first-order valence-corrected chi connectivity index (χ1v) is 7.30. The van der Waals surface area contributed by atoms with Gasteiger partial charge in [0, 0.05) is 23.4 Å². The first-order chi connectivity index (χ1) is 10.7. The lowest BCUT2D eigenvalue weighted by Crippen LogP contribution is -2.25. The zero-order valence-corrected chi connectivity index (χ0v) is 12.1. The van der Waals surface area contributed by atoms with Gasteiger partial charge in [0.15, 0.2) is 0 Å². The number of carbonyl (C=O) groups is 2. The molecule has 1 saturated heterocycles. The molecule has 0 bridgehead atoms. The number of cyclic esters (lactones) is 1. The molecule has 22 heavy (non-hydrogen) atoms. The van der Waals surface area contributed by atoms with Crippen molar-refractivity contribution in [3.63, 3.8) is 0 Å². The Hall–Kier alpha value is -2.53. The second kappa shape index (κ2) is 6.07. The molecule has 1 atom stereocenters. The number of carbonyl (C=O) groups excluding carboxylic acids is 2. The topological polar surface area (TPSA) is 95.4 Å². The first-order valence-electron chi connectivity index (χ1n) is 7.30. The maximum Gasteiger partial charge on any atom is 0.414 e. The average Bonchev–Trinajstić information content (AvgIpc) is 2.76. The average molecular weight is 300 g/mol. The predicted molar refractivity (Wildman–Crippen MR) is 79.7 cm³/mol. The Balaban J connectivity index is 1.82. The Kier molecular flexibility index (Phi) is 3.98. The molecule has 0 saturated carbocycles. The van der Waals surface area contributed by atoms with E-state index >= 15 is 0 Å². The summed E-state index contributed by atoms with van der Waals surface area (Å²) in [5, 5.41) is 3.44. The molecule has 1 aromatic carbocycles. The van der Waals surface area contributed by atoms with Gasteiger partial charge in [-0.05, 0) is 41.6 Å². The van der Waals surface area contributed by atoms with Gasteiger partial charge in [-0.2, -0.15) is 0 Å². The number of ketones is 1. The largest absolute Gasteiger partial charge is 0.444 e. The molecule has 1 aliphatic heterocycles. The van der Waals surface area contributed by atoms with Crippen LogP contribution in [0.5, 0.6) is 0 Å². The lowest BCUT2D eigenvalue weighted by atomic mass is 10.0. The van der Waals surface area contributed by atoms with Crippen molar-refractivity contribution < 1.29 is 14.3 Å². The smallest absolute Gasteiger partial charge is 0.414 e. The van der Waals surface area contributed by atoms with Gasteiger partial charge >= 0.3 is 6.09 Å². The minimum Gasteiger partial charge on any atom is -0.444 e. The minimum atomic E-state index is -0.446. The summed E-state index contributed by atoms with van der Waals surface area (Å²) in [5.74, 6) is 0.237. The number of amides is 1. The van der Waals surface area contributed by atoms with Crippen LogP contribution in [0.25, 0.3) is 10.4 Å². The molecule has 1 amide bonds. The van der Waals surface area contributed by atoms with E-state index in [1.165, 1.54) is 10.5 Å². The Morgan fingerprint density at radius 3 is 3.00 bits per heavy atom. The van der Waals surface area contributed by atoms with Crippen LogP contribution in [0.2, 0.25) is 0 Å². The number of Topliss-reactive ketones (excluding diaryl/α,β-unsaturated/α-hetero) is 1. The van der Waals surface area contributed by atoms with E-state index in [0.717, 1.165) is 24.1 Å². The SMILES string of the molecule is [N-]=[N+]=NC[C@H]1CN(c2ccc3c(c2)CC(=O)CCC3)C(=O)O1. The molecule has 0 aromatic heterocycles. The van der Waals surface area contributed by atoms with E-state index in [1.807, 2.05) is 18.2 Å². The number of ether oxygens (including phenoxy) is 1. The van der Waals surface area contributed by atoms with Gasteiger partial charge in [0.25, 0.3) is 0 Å². The van der Waals surface area contributed by atoms with Crippen molar-refractivity contribution in [1.29, 1.82) is 0 Å². The highest BCUT2D eigenvalue weighted by Gasteiger charge is 2.32. The highest BCUT2D eigenvalue weighted by Crippen LogP contribution is 2.27. The third-order valence-corrected chi connectivity index (χ3v) is 4.01. The van der Waals surface area contributed by atoms with E-state index in [9.17, 15) is 9.59 Å². The van der Waals surface area contributed by atoms with E-state index in [0.29, 0.717) is 19.4 Å². The fourth-order valence-electron chi connectivity index (χ4n) is 2.92. The summed E-state index contributed by atoms with van der Waals surface area (Å²) < 4.78 is 5.18. The summed E-state index contributed by atoms with van der Waals surface area (Å²) in [7, 11) is 0. The van der Waals surface area contributed by atoms with Gasteiger partial charge in [-0.1, -0.05) is 11.2 Å². The van der Waals surface area contributed by atoms with E-state index in [1.54, 1.807) is 0 Å². The highest BCUT2D eigenvalue weighted by molar-refractivity contribution is 5.90. The first kappa shape index (κ1) is 14.4. The quantitative estimate of drug-likeness (QED) is 0.371. The zero-order chi connectivity index (χ0) is 15.5. The monoisotopic (exact) mass is 300 g/mol. The molecular formula is C15H16N4O3. The van der Waals surface area contributed by atoms with Gasteiger partial charge < -0.3 is 4.74 Å². The van der Waals surface area contributed by atoms with Gasteiger partial charge in [-0.3, -0.25) is 9.69 Å². The number of nitrogens with zero attached hydrogens (tertiary/aromatic N) is 4. The van der Waals surface area contributed by atoms with Crippen LogP contribution in [-0.4, -0.2) is 31.1 Å². The molecule has 0 radical (unpaired) electrons. The fourth-order valence-corrected chi connectivity index (χ4v) is 2.92. The lowest BCUT2D eigenvalue weighted by molar-refractivity contribution is -0.118. The number of benzene rings is 1. The molecule has 0 N–H and O–H groups in total. The zero-order valence-electron chi connectivity index (χ0n) is 12.1. The van der Waals surface area contributed by atoms with Crippen molar-refractivity contribution in [2.45, 2.75) is 31.8 Å². The van der Waals surface area contributed by atoms with Gasteiger partial charge in [-0.25, -0.2) is 4.79 Å². The third-order valence-electron chi connectivity index (χ3n) is 4.01. The molecule has 114 valence electrons. The maximum absolute atomic E-state index is 12.0. The van der Waals surface area contributed by atoms with E-state index < -0.39 is 12.2 Å².